The highest BCUT2D eigenvalue weighted by molar-refractivity contribution is 6.32. The normalized spacial score (nSPS) is 11.3. The molecule has 0 fully saturated rings. The number of hydrogen-bond donors (Lipinski definition) is 2. The number of nitrogens with zero attached hydrogens (tertiary/aromatic N) is 1. The molecule has 2 N–H and O–H groups in total. The summed E-state index contributed by atoms with van der Waals surface area (Å²) in [5.41, 5.74) is -2.18. The molecule has 0 aliphatic carbocycles. The molecule has 0 saturated heterocycles. The molecule has 0 unspecified atom stereocenters. The second kappa shape index (κ2) is 5.80. The summed E-state index contributed by atoms with van der Waals surface area (Å²) in [4.78, 5) is 15.5. The Morgan fingerprint density at radius 3 is 2.41 bits per heavy atom. The molecule has 9 heteroatoms. The molecule has 2 aromatic rings. The van der Waals surface area contributed by atoms with Gasteiger partial charge in [0.1, 0.15) is 0 Å². The Morgan fingerprint density at radius 1 is 1.27 bits per heavy atom. The molecule has 116 valence electrons. The first-order valence-corrected chi connectivity index (χ1v) is 6.09. The van der Waals surface area contributed by atoms with Crippen molar-refractivity contribution in [3.8, 4) is 5.75 Å². The molecule has 1 amide bonds. The van der Waals surface area contributed by atoms with Gasteiger partial charge in [-0.3, -0.25) is 9.78 Å². The van der Waals surface area contributed by atoms with Crippen molar-refractivity contribution in [1.82, 2.24) is 4.98 Å². The summed E-state index contributed by atoms with van der Waals surface area (Å²) in [7, 11) is 0. The second-order valence-electron chi connectivity index (χ2n) is 4.14. The first kappa shape index (κ1) is 16.0. The first-order valence-electron chi connectivity index (χ1n) is 5.71. The fraction of sp³-hybridized carbons (Fsp3) is 0.0769. The molecule has 1 aromatic carbocycles. The van der Waals surface area contributed by atoms with Gasteiger partial charge in [0.15, 0.2) is 11.6 Å². The van der Waals surface area contributed by atoms with E-state index < -0.39 is 39.9 Å². The van der Waals surface area contributed by atoms with Crippen LogP contribution in [0, 0.1) is 5.82 Å². The number of halogens is 5. The Kier molecular flexibility index (Phi) is 4.23. The molecule has 0 saturated carbocycles. The quantitative estimate of drug-likeness (QED) is 0.647. The number of amides is 1. The van der Waals surface area contributed by atoms with Gasteiger partial charge in [-0.05, 0) is 18.2 Å². The van der Waals surface area contributed by atoms with Gasteiger partial charge in [-0.1, -0.05) is 11.6 Å². The Morgan fingerprint density at radius 2 is 1.86 bits per heavy atom. The van der Waals surface area contributed by atoms with Crippen LogP contribution < -0.4 is 5.32 Å². The van der Waals surface area contributed by atoms with E-state index in [4.69, 9.17) is 11.6 Å². The number of aromatic hydroxyl groups is 1. The zero-order valence-corrected chi connectivity index (χ0v) is 11.3. The van der Waals surface area contributed by atoms with E-state index in [0.29, 0.717) is 6.07 Å². The van der Waals surface area contributed by atoms with Crippen LogP contribution in [-0.2, 0) is 6.18 Å². The van der Waals surface area contributed by atoms with Crippen LogP contribution in [0.1, 0.15) is 15.9 Å². The summed E-state index contributed by atoms with van der Waals surface area (Å²) in [6, 6.07) is 2.95. The molecule has 0 bridgehead atoms. The lowest BCUT2D eigenvalue weighted by Gasteiger charge is -2.14. The summed E-state index contributed by atoms with van der Waals surface area (Å²) in [6.45, 7) is 0. The number of rotatable bonds is 2. The highest BCUT2D eigenvalue weighted by Gasteiger charge is 2.36. The summed E-state index contributed by atoms with van der Waals surface area (Å²) in [6.07, 6.45) is -2.36. The minimum absolute atomic E-state index is 0.0679. The van der Waals surface area contributed by atoms with E-state index in [1.165, 1.54) is 24.5 Å². The summed E-state index contributed by atoms with van der Waals surface area (Å²) in [5, 5.41) is 10.2. The number of aromatic nitrogens is 1. The van der Waals surface area contributed by atoms with Crippen LogP contribution in [0.2, 0.25) is 5.02 Å². The lowest BCUT2D eigenvalue weighted by Crippen LogP contribution is -2.14. The number of alkyl halides is 3. The molecule has 4 nitrogen and oxygen atoms in total. The molecule has 2 rings (SSSR count). The van der Waals surface area contributed by atoms with Crippen molar-refractivity contribution in [2.75, 3.05) is 5.32 Å². The average Bonchev–Trinajstić information content (AvgIpc) is 2.47. The monoisotopic (exact) mass is 334 g/mol. The number of nitrogens with one attached hydrogen (secondary N) is 1. The third kappa shape index (κ3) is 3.11. The molecule has 0 radical (unpaired) electrons. The zero-order chi connectivity index (χ0) is 16.5. The highest BCUT2D eigenvalue weighted by Crippen LogP contribution is 2.42. The van der Waals surface area contributed by atoms with Gasteiger partial charge < -0.3 is 10.4 Å². The van der Waals surface area contributed by atoms with Crippen molar-refractivity contribution in [3.63, 3.8) is 0 Å². The Labute approximate surface area is 126 Å². The van der Waals surface area contributed by atoms with Gasteiger partial charge >= 0.3 is 6.18 Å². The van der Waals surface area contributed by atoms with Crippen LogP contribution in [0.5, 0.6) is 5.75 Å². The van der Waals surface area contributed by atoms with Crippen molar-refractivity contribution in [1.29, 1.82) is 0 Å². The predicted octanol–water partition coefficient (Wildman–Crippen LogP) is 3.85. The van der Waals surface area contributed by atoms with Gasteiger partial charge in [-0.25, -0.2) is 4.39 Å². The second-order valence-corrected chi connectivity index (χ2v) is 4.51. The van der Waals surface area contributed by atoms with Crippen LogP contribution >= 0.6 is 11.6 Å². The van der Waals surface area contributed by atoms with Crippen molar-refractivity contribution >= 4 is 23.2 Å². The largest absolute Gasteiger partial charge is 0.503 e. The molecule has 0 aliphatic heterocycles. The van der Waals surface area contributed by atoms with Crippen LogP contribution in [0.3, 0.4) is 0 Å². The molecular weight excluding hydrogens is 328 g/mol. The van der Waals surface area contributed by atoms with E-state index in [1.807, 2.05) is 5.32 Å². The van der Waals surface area contributed by atoms with E-state index in [9.17, 15) is 27.5 Å². The van der Waals surface area contributed by atoms with E-state index in [-0.39, 0.29) is 5.56 Å². The summed E-state index contributed by atoms with van der Waals surface area (Å²) in [5.74, 6) is -3.69. The fourth-order valence-corrected chi connectivity index (χ4v) is 1.87. The van der Waals surface area contributed by atoms with Crippen molar-refractivity contribution in [3.05, 3.63) is 52.6 Å². The number of hydrogen-bond acceptors (Lipinski definition) is 3. The molecule has 0 atom stereocenters. The third-order valence-electron chi connectivity index (χ3n) is 2.68. The van der Waals surface area contributed by atoms with E-state index >= 15 is 0 Å². The Balaban J connectivity index is 2.44. The highest BCUT2D eigenvalue weighted by atomic mass is 35.5. The topological polar surface area (TPSA) is 62.2 Å². The smallest absolute Gasteiger partial charge is 0.418 e. The lowest BCUT2D eigenvalue weighted by atomic mass is 10.1. The minimum atomic E-state index is -4.94. The number of anilines is 1. The van der Waals surface area contributed by atoms with Crippen molar-refractivity contribution < 1.29 is 27.5 Å². The van der Waals surface area contributed by atoms with Gasteiger partial charge in [0.2, 0.25) is 0 Å². The number of benzene rings is 1. The molecule has 1 aromatic heterocycles. The van der Waals surface area contributed by atoms with Crippen molar-refractivity contribution in [2.24, 2.45) is 0 Å². The summed E-state index contributed by atoms with van der Waals surface area (Å²) < 4.78 is 51.8. The maximum absolute atomic E-state index is 13.6. The molecular formula is C13H7ClF4N2O2. The lowest BCUT2D eigenvalue weighted by molar-refractivity contribution is -0.137. The van der Waals surface area contributed by atoms with E-state index in [0.717, 1.165) is 0 Å². The zero-order valence-electron chi connectivity index (χ0n) is 10.6. The van der Waals surface area contributed by atoms with Crippen LogP contribution in [-0.4, -0.2) is 16.0 Å². The SMILES string of the molecule is O=C(Nc1cc(C(F)(F)F)c(Cl)c(F)c1O)c1ccncc1. The van der Waals surface area contributed by atoms with Gasteiger partial charge in [0, 0.05) is 18.0 Å². The number of phenols is 1. The number of carbonyl (C=O) groups is 1. The van der Waals surface area contributed by atoms with Crippen LogP contribution in [0.25, 0.3) is 0 Å². The van der Waals surface area contributed by atoms with Crippen molar-refractivity contribution in [2.45, 2.75) is 6.18 Å². The van der Waals surface area contributed by atoms with Gasteiger partial charge in [0.25, 0.3) is 5.91 Å². The molecule has 1 heterocycles. The predicted molar refractivity (Wildman–Crippen MR) is 70.3 cm³/mol. The van der Waals surface area contributed by atoms with E-state index in [1.54, 1.807) is 0 Å². The summed E-state index contributed by atoms with van der Waals surface area (Å²) >= 11 is 5.23. The maximum Gasteiger partial charge on any atom is 0.418 e. The number of carbonyl (C=O) groups excluding carboxylic acids is 1. The number of pyridine rings is 1. The minimum Gasteiger partial charge on any atom is -0.503 e. The van der Waals surface area contributed by atoms with Crippen LogP contribution in [0.15, 0.2) is 30.6 Å². The third-order valence-corrected chi connectivity index (χ3v) is 3.05. The van der Waals surface area contributed by atoms with Gasteiger partial charge in [0.05, 0.1) is 16.3 Å². The Bertz CT molecular complexity index is 720. The maximum atomic E-state index is 13.6. The first-order chi connectivity index (χ1) is 10.2. The molecule has 0 aliphatic rings. The van der Waals surface area contributed by atoms with Gasteiger partial charge in [-0.15, -0.1) is 0 Å². The number of phenolic OH excluding ortho intramolecular Hbond substituents is 1. The standard InChI is InChI=1S/C13H7ClF4N2O2/c14-9-7(13(16,17)18)5-8(11(21)10(9)15)20-12(22)6-1-3-19-4-2-6/h1-5,21H,(H,20,22). The Hall–Kier alpha value is -2.35. The van der Waals surface area contributed by atoms with Crippen LogP contribution in [0.4, 0.5) is 23.2 Å². The van der Waals surface area contributed by atoms with Gasteiger partial charge in [-0.2, -0.15) is 13.2 Å². The average molecular weight is 335 g/mol. The van der Waals surface area contributed by atoms with E-state index in [2.05, 4.69) is 4.98 Å². The fourth-order valence-electron chi connectivity index (χ4n) is 1.62. The molecule has 0 spiro atoms. The molecule has 22 heavy (non-hydrogen) atoms.